The fourth-order valence-electron chi connectivity index (χ4n) is 3.82. The van der Waals surface area contributed by atoms with E-state index in [9.17, 15) is 9.59 Å². The van der Waals surface area contributed by atoms with Crippen LogP contribution in [0.3, 0.4) is 0 Å². The predicted molar refractivity (Wildman–Crippen MR) is 137 cm³/mol. The smallest absolute Gasteiger partial charge is 0.243 e. The van der Waals surface area contributed by atoms with Crippen molar-refractivity contribution < 1.29 is 9.59 Å². The van der Waals surface area contributed by atoms with E-state index in [1.165, 1.54) is 0 Å². The van der Waals surface area contributed by atoms with Gasteiger partial charge in [0, 0.05) is 24.0 Å². The van der Waals surface area contributed by atoms with E-state index in [2.05, 4.69) is 21.2 Å². The van der Waals surface area contributed by atoms with Crippen molar-refractivity contribution in [3.63, 3.8) is 0 Å². The van der Waals surface area contributed by atoms with Crippen LogP contribution in [0, 0.1) is 6.92 Å². The van der Waals surface area contributed by atoms with Gasteiger partial charge in [0.05, 0.1) is 6.42 Å². The molecule has 0 spiro atoms. The van der Waals surface area contributed by atoms with Gasteiger partial charge in [-0.2, -0.15) is 0 Å². The van der Waals surface area contributed by atoms with E-state index in [0.29, 0.717) is 19.5 Å². The lowest BCUT2D eigenvalue weighted by Gasteiger charge is -2.32. The molecule has 0 aliphatic heterocycles. The summed E-state index contributed by atoms with van der Waals surface area (Å²) in [5.41, 5.74) is 4.05. The number of carbonyl (C=O) groups excluding carboxylic acids is 2. The van der Waals surface area contributed by atoms with Crippen LogP contribution in [0.25, 0.3) is 0 Å². The van der Waals surface area contributed by atoms with Crippen LogP contribution in [0.1, 0.15) is 35.6 Å². The third-order valence-electron chi connectivity index (χ3n) is 5.67. The first kappa shape index (κ1) is 24.7. The van der Waals surface area contributed by atoms with Gasteiger partial charge in [0.2, 0.25) is 11.8 Å². The second-order valence-electron chi connectivity index (χ2n) is 8.25. The van der Waals surface area contributed by atoms with Gasteiger partial charge < -0.3 is 10.2 Å². The standard InChI is InChI=1S/C28H31BrN2O2/c1-3-16-30-28(33)26(18-22-11-5-4-6-12-22)31(20-23-13-9-15-25(29)17-23)27(32)19-24-14-8-7-10-21(24)2/h4-15,17,26H,3,16,18-20H2,1-2H3,(H,30,33). The molecule has 0 heterocycles. The summed E-state index contributed by atoms with van der Waals surface area (Å²) in [6.45, 7) is 4.98. The molecule has 0 saturated carbocycles. The lowest BCUT2D eigenvalue weighted by molar-refractivity contribution is -0.140. The SMILES string of the molecule is CCCNC(=O)C(Cc1ccccc1)N(Cc1cccc(Br)c1)C(=O)Cc1ccccc1C. The molecule has 1 atom stereocenters. The van der Waals surface area contributed by atoms with Crippen LogP contribution in [0.15, 0.2) is 83.3 Å². The van der Waals surface area contributed by atoms with Gasteiger partial charge in [0.15, 0.2) is 0 Å². The number of carbonyl (C=O) groups is 2. The molecular formula is C28H31BrN2O2. The molecule has 0 saturated heterocycles. The normalized spacial score (nSPS) is 11.6. The molecule has 4 nitrogen and oxygen atoms in total. The second kappa shape index (κ2) is 12.4. The van der Waals surface area contributed by atoms with Crippen LogP contribution in [0.5, 0.6) is 0 Å². The summed E-state index contributed by atoms with van der Waals surface area (Å²) < 4.78 is 0.946. The van der Waals surface area contributed by atoms with E-state index in [4.69, 9.17) is 0 Å². The number of hydrogen-bond acceptors (Lipinski definition) is 2. The first-order valence-electron chi connectivity index (χ1n) is 11.4. The Morgan fingerprint density at radius 3 is 2.33 bits per heavy atom. The van der Waals surface area contributed by atoms with Crippen LogP contribution < -0.4 is 5.32 Å². The maximum Gasteiger partial charge on any atom is 0.243 e. The first-order valence-corrected chi connectivity index (χ1v) is 12.2. The summed E-state index contributed by atoms with van der Waals surface area (Å²) in [6.07, 6.45) is 1.56. The van der Waals surface area contributed by atoms with Crippen molar-refractivity contribution >= 4 is 27.7 Å². The first-order chi connectivity index (χ1) is 16.0. The number of nitrogens with one attached hydrogen (secondary N) is 1. The van der Waals surface area contributed by atoms with E-state index >= 15 is 0 Å². The zero-order chi connectivity index (χ0) is 23.6. The van der Waals surface area contributed by atoms with Crippen LogP contribution in [0.4, 0.5) is 0 Å². The topological polar surface area (TPSA) is 49.4 Å². The molecule has 5 heteroatoms. The number of rotatable bonds is 10. The molecule has 0 bridgehead atoms. The minimum Gasteiger partial charge on any atom is -0.354 e. The lowest BCUT2D eigenvalue weighted by Crippen LogP contribution is -2.51. The minimum atomic E-state index is -0.602. The Bertz CT molecular complexity index is 1070. The second-order valence-corrected chi connectivity index (χ2v) is 9.17. The number of halogens is 1. The van der Waals surface area contributed by atoms with Gasteiger partial charge in [-0.25, -0.2) is 0 Å². The Balaban J connectivity index is 1.96. The Labute approximate surface area is 205 Å². The number of benzene rings is 3. The van der Waals surface area contributed by atoms with Gasteiger partial charge in [-0.3, -0.25) is 9.59 Å². The van der Waals surface area contributed by atoms with Crippen molar-refractivity contribution in [3.05, 3.63) is 106 Å². The molecule has 3 aromatic rings. The Kier molecular flexibility index (Phi) is 9.25. The molecule has 0 radical (unpaired) electrons. The van der Waals surface area contributed by atoms with Gasteiger partial charge in [0.25, 0.3) is 0 Å². The number of hydrogen-bond donors (Lipinski definition) is 1. The Morgan fingerprint density at radius 1 is 0.939 bits per heavy atom. The molecule has 0 aromatic heterocycles. The number of amides is 2. The fourth-order valence-corrected chi connectivity index (χ4v) is 4.27. The molecular weight excluding hydrogens is 476 g/mol. The van der Waals surface area contributed by atoms with Crippen molar-refractivity contribution in [1.29, 1.82) is 0 Å². The molecule has 0 aliphatic carbocycles. The molecule has 2 amide bonds. The van der Waals surface area contributed by atoms with Crippen molar-refractivity contribution in [2.24, 2.45) is 0 Å². The van der Waals surface area contributed by atoms with E-state index in [1.807, 2.05) is 92.7 Å². The summed E-state index contributed by atoms with van der Waals surface area (Å²) >= 11 is 3.52. The highest BCUT2D eigenvalue weighted by molar-refractivity contribution is 9.10. The molecule has 1 N–H and O–H groups in total. The summed E-state index contributed by atoms with van der Waals surface area (Å²) in [5, 5.41) is 3.02. The highest BCUT2D eigenvalue weighted by Crippen LogP contribution is 2.19. The average molecular weight is 507 g/mol. The van der Waals surface area contributed by atoms with E-state index in [0.717, 1.165) is 33.1 Å². The number of aryl methyl sites for hydroxylation is 1. The van der Waals surface area contributed by atoms with Crippen molar-refractivity contribution in [1.82, 2.24) is 10.2 Å². The molecule has 1 unspecified atom stereocenters. The molecule has 0 aliphatic rings. The van der Waals surface area contributed by atoms with Gasteiger partial charge in [-0.05, 0) is 47.7 Å². The van der Waals surface area contributed by atoms with Crippen LogP contribution >= 0.6 is 15.9 Å². The quantitative estimate of drug-likeness (QED) is 0.396. The van der Waals surface area contributed by atoms with Gasteiger partial charge >= 0.3 is 0 Å². The van der Waals surface area contributed by atoms with Crippen LogP contribution in [-0.2, 0) is 29.0 Å². The van der Waals surface area contributed by atoms with E-state index < -0.39 is 6.04 Å². The van der Waals surface area contributed by atoms with Gasteiger partial charge in [0.1, 0.15) is 6.04 Å². The molecule has 3 aromatic carbocycles. The van der Waals surface area contributed by atoms with E-state index in [-0.39, 0.29) is 18.2 Å². The summed E-state index contributed by atoms with van der Waals surface area (Å²) in [6, 6.07) is 25.1. The van der Waals surface area contributed by atoms with Crippen molar-refractivity contribution in [2.45, 2.75) is 45.7 Å². The monoisotopic (exact) mass is 506 g/mol. The van der Waals surface area contributed by atoms with Crippen LogP contribution in [0.2, 0.25) is 0 Å². The summed E-state index contributed by atoms with van der Waals surface area (Å²) in [5.74, 6) is -0.175. The third-order valence-corrected chi connectivity index (χ3v) is 6.16. The Hall–Kier alpha value is -2.92. The fraction of sp³-hybridized carbons (Fsp3) is 0.286. The molecule has 0 fully saturated rings. The maximum absolute atomic E-state index is 13.7. The highest BCUT2D eigenvalue weighted by Gasteiger charge is 2.30. The van der Waals surface area contributed by atoms with Crippen molar-refractivity contribution in [3.8, 4) is 0 Å². The summed E-state index contributed by atoms with van der Waals surface area (Å²) in [4.78, 5) is 28.8. The van der Waals surface area contributed by atoms with E-state index in [1.54, 1.807) is 4.90 Å². The minimum absolute atomic E-state index is 0.0585. The summed E-state index contributed by atoms with van der Waals surface area (Å²) in [7, 11) is 0. The molecule has 33 heavy (non-hydrogen) atoms. The lowest BCUT2D eigenvalue weighted by atomic mass is 10.00. The predicted octanol–water partition coefficient (Wildman–Crippen LogP) is 5.47. The third kappa shape index (κ3) is 7.29. The largest absolute Gasteiger partial charge is 0.354 e. The molecule has 3 rings (SSSR count). The zero-order valence-electron chi connectivity index (χ0n) is 19.3. The van der Waals surface area contributed by atoms with Crippen molar-refractivity contribution in [2.75, 3.05) is 6.54 Å². The van der Waals surface area contributed by atoms with Crippen LogP contribution in [-0.4, -0.2) is 29.3 Å². The maximum atomic E-state index is 13.7. The molecule has 172 valence electrons. The Morgan fingerprint density at radius 2 is 1.64 bits per heavy atom. The average Bonchev–Trinajstić information content (AvgIpc) is 2.82. The van der Waals surface area contributed by atoms with Gasteiger partial charge in [-0.1, -0.05) is 89.6 Å². The highest BCUT2D eigenvalue weighted by atomic mass is 79.9. The number of nitrogens with zero attached hydrogens (tertiary/aromatic N) is 1. The zero-order valence-corrected chi connectivity index (χ0v) is 20.8. The van der Waals surface area contributed by atoms with Gasteiger partial charge in [-0.15, -0.1) is 0 Å².